The molecule has 3 heterocycles. The van der Waals surface area contributed by atoms with Crippen molar-refractivity contribution in [1.29, 1.82) is 0 Å². The molecule has 1 N–H and O–H groups in total. The maximum absolute atomic E-state index is 13.2. The van der Waals surface area contributed by atoms with Crippen LogP contribution in [0.3, 0.4) is 0 Å². The molecule has 0 bridgehead atoms. The maximum Gasteiger partial charge on any atom is 0.334 e. The van der Waals surface area contributed by atoms with Crippen molar-refractivity contribution in [3.05, 3.63) is 64.7 Å². The fraction of sp³-hybridized carbons (Fsp3) is 0.292. The Bertz CT molecular complexity index is 1550. The minimum atomic E-state index is -3.67. The monoisotopic (exact) mass is 494 g/mol. The number of nitrogens with zero attached hydrogens (tertiary/aromatic N) is 5. The van der Waals surface area contributed by atoms with Crippen LogP contribution in [-0.2, 0) is 10.0 Å². The summed E-state index contributed by atoms with van der Waals surface area (Å²) in [5.41, 5.74) is 1.89. The Morgan fingerprint density at radius 2 is 1.71 bits per heavy atom. The number of aromatic nitrogens is 4. The summed E-state index contributed by atoms with van der Waals surface area (Å²) in [5.74, 6) is 1.07. The van der Waals surface area contributed by atoms with E-state index in [1.807, 2.05) is 37.4 Å². The molecule has 11 heteroatoms. The highest BCUT2D eigenvalue weighted by Gasteiger charge is 2.28. The Labute approximate surface area is 202 Å². The topological polar surface area (TPSA) is 113 Å². The largest absolute Gasteiger partial charge is 0.496 e. The molecule has 1 aliphatic rings. The zero-order chi connectivity index (χ0) is 24.7. The highest BCUT2D eigenvalue weighted by atomic mass is 32.2. The minimum Gasteiger partial charge on any atom is -0.496 e. The van der Waals surface area contributed by atoms with Gasteiger partial charge in [0, 0.05) is 37.8 Å². The van der Waals surface area contributed by atoms with Crippen LogP contribution < -0.4 is 10.4 Å². The van der Waals surface area contributed by atoms with Gasteiger partial charge in [-0.2, -0.15) is 4.31 Å². The first-order chi connectivity index (χ1) is 16.8. The maximum atomic E-state index is 13.2. The number of sulfonamides is 1. The molecule has 0 spiro atoms. The van der Waals surface area contributed by atoms with Crippen molar-refractivity contribution >= 4 is 15.7 Å². The van der Waals surface area contributed by atoms with Crippen molar-refractivity contribution in [2.75, 3.05) is 40.3 Å². The number of imidazole rings is 1. The van der Waals surface area contributed by atoms with Gasteiger partial charge in [0.15, 0.2) is 5.65 Å². The van der Waals surface area contributed by atoms with Crippen LogP contribution in [0.1, 0.15) is 5.69 Å². The van der Waals surface area contributed by atoms with Crippen molar-refractivity contribution in [3.8, 4) is 28.5 Å². The fourth-order valence-corrected chi connectivity index (χ4v) is 5.69. The number of likely N-dealkylation sites (N-methyl/N-ethyl adjacent to an activating group) is 1. The van der Waals surface area contributed by atoms with Crippen LogP contribution in [-0.4, -0.2) is 77.3 Å². The number of aryl methyl sites for hydroxylation is 1. The summed E-state index contributed by atoms with van der Waals surface area (Å²) in [6, 6.07) is 14.0. The molecule has 1 saturated heterocycles. The lowest BCUT2D eigenvalue weighted by Crippen LogP contribution is -2.47. The molecular formula is C24H26N6O4S. The highest BCUT2D eigenvalue weighted by molar-refractivity contribution is 7.89. The number of ether oxygens (including phenoxy) is 1. The second-order valence-corrected chi connectivity index (χ2v) is 10.4. The predicted octanol–water partition coefficient (Wildman–Crippen LogP) is 2.00. The van der Waals surface area contributed by atoms with Crippen LogP contribution in [0.4, 0.5) is 0 Å². The van der Waals surface area contributed by atoms with E-state index in [-0.39, 0.29) is 10.7 Å². The van der Waals surface area contributed by atoms with E-state index in [2.05, 4.69) is 19.9 Å². The van der Waals surface area contributed by atoms with E-state index in [1.165, 1.54) is 27.9 Å². The molecule has 0 unspecified atom stereocenters. The number of benzene rings is 2. The van der Waals surface area contributed by atoms with Gasteiger partial charge in [0.05, 0.1) is 23.3 Å². The van der Waals surface area contributed by atoms with E-state index in [0.29, 0.717) is 54.7 Å². The van der Waals surface area contributed by atoms with Gasteiger partial charge >= 0.3 is 5.69 Å². The molecule has 35 heavy (non-hydrogen) atoms. The number of H-pyrrole nitrogens is 1. The molecule has 10 nitrogen and oxygen atoms in total. The molecule has 0 saturated carbocycles. The van der Waals surface area contributed by atoms with Crippen LogP contribution in [0.25, 0.3) is 28.4 Å². The Hall–Kier alpha value is -3.54. The summed E-state index contributed by atoms with van der Waals surface area (Å²) >= 11 is 0. The number of fused-ring (bicyclic) bond motifs is 1. The Kier molecular flexibility index (Phi) is 5.91. The van der Waals surface area contributed by atoms with Crippen molar-refractivity contribution in [2.24, 2.45) is 0 Å². The van der Waals surface area contributed by atoms with Gasteiger partial charge in [-0.1, -0.05) is 30.3 Å². The second-order valence-electron chi connectivity index (χ2n) is 8.51. The van der Waals surface area contributed by atoms with Crippen molar-refractivity contribution in [2.45, 2.75) is 11.8 Å². The summed E-state index contributed by atoms with van der Waals surface area (Å²) in [5, 5.41) is 0. The number of piperazine rings is 1. The molecule has 4 aromatic rings. The normalized spacial score (nSPS) is 15.5. The first-order valence-electron chi connectivity index (χ1n) is 11.2. The van der Waals surface area contributed by atoms with Gasteiger partial charge < -0.3 is 9.64 Å². The van der Waals surface area contributed by atoms with E-state index >= 15 is 0 Å². The molecule has 0 aliphatic carbocycles. The molecule has 1 fully saturated rings. The van der Waals surface area contributed by atoms with Gasteiger partial charge in [0.2, 0.25) is 10.0 Å². The molecule has 182 valence electrons. The lowest BCUT2D eigenvalue weighted by Gasteiger charge is -2.31. The van der Waals surface area contributed by atoms with Crippen molar-refractivity contribution in [3.63, 3.8) is 0 Å². The number of hydrogen-bond donors (Lipinski definition) is 1. The molecule has 0 amide bonds. The Morgan fingerprint density at radius 3 is 2.40 bits per heavy atom. The van der Waals surface area contributed by atoms with E-state index in [9.17, 15) is 13.2 Å². The van der Waals surface area contributed by atoms with E-state index < -0.39 is 15.7 Å². The van der Waals surface area contributed by atoms with Gasteiger partial charge in [-0.25, -0.2) is 27.6 Å². The van der Waals surface area contributed by atoms with E-state index in [1.54, 1.807) is 13.0 Å². The van der Waals surface area contributed by atoms with Gasteiger partial charge in [0.1, 0.15) is 17.4 Å². The standard InChI is InChI=1S/C24H26N6O4S/c1-16-22-26-21(27-24(31)30(22)23(25-16)17-7-5-4-6-8-17)19-10-9-18(15-20(19)34-3)35(32,33)29-13-11-28(2)12-14-29/h4-10,15H,11-14H2,1-3H3,(H,26,27,31). The summed E-state index contributed by atoms with van der Waals surface area (Å²) in [6.07, 6.45) is 0. The zero-order valence-electron chi connectivity index (χ0n) is 19.7. The Balaban J connectivity index is 1.57. The smallest absolute Gasteiger partial charge is 0.334 e. The lowest BCUT2D eigenvalue weighted by atomic mass is 10.2. The first kappa shape index (κ1) is 23.2. The van der Waals surface area contributed by atoms with Crippen LogP contribution in [0.5, 0.6) is 5.75 Å². The third kappa shape index (κ3) is 4.11. The average molecular weight is 495 g/mol. The fourth-order valence-electron chi connectivity index (χ4n) is 4.25. The number of nitrogens with one attached hydrogen (secondary N) is 1. The van der Waals surface area contributed by atoms with Gasteiger partial charge in [-0.15, -0.1) is 0 Å². The molecule has 0 atom stereocenters. The summed E-state index contributed by atoms with van der Waals surface area (Å²) in [6.45, 7) is 4.00. The summed E-state index contributed by atoms with van der Waals surface area (Å²) in [4.78, 5) is 27.4. The second kappa shape index (κ2) is 8.91. The molecule has 2 aromatic carbocycles. The van der Waals surface area contributed by atoms with Crippen molar-refractivity contribution < 1.29 is 13.2 Å². The average Bonchev–Trinajstić information content (AvgIpc) is 3.21. The molecular weight excluding hydrogens is 468 g/mol. The van der Waals surface area contributed by atoms with Crippen LogP contribution in [0, 0.1) is 6.92 Å². The zero-order valence-corrected chi connectivity index (χ0v) is 20.5. The van der Waals surface area contributed by atoms with Gasteiger partial charge in [-0.05, 0) is 26.1 Å². The molecule has 0 radical (unpaired) electrons. The molecule has 1 aliphatic heterocycles. The van der Waals surface area contributed by atoms with Gasteiger partial charge in [-0.3, -0.25) is 4.98 Å². The van der Waals surface area contributed by atoms with E-state index in [0.717, 1.165) is 5.56 Å². The first-order valence-corrected chi connectivity index (χ1v) is 12.7. The quantitative estimate of drug-likeness (QED) is 0.452. The van der Waals surface area contributed by atoms with Crippen LogP contribution in [0.2, 0.25) is 0 Å². The van der Waals surface area contributed by atoms with Gasteiger partial charge in [0.25, 0.3) is 0 Å². The minimum absolute atomic E-state index is 0.137. The van der Waals surface area contributed by atoms with Crippen LogP contribution >= 0.6 is 0 Å². The third-order valence-electron chi connectivity index (χ3n) is 6.23. The van der Waals surface area contributed by atoms with Crippen LogP contribution in [0.15, 0.2) is 58.2 Å². The SMILES string of the molecule is COc1cc(S(=O)(=O)N2CCN(C)CC2)ccc1-c1nc2c(C)nc(-c3ccccc3)n2c(=O)[nH]1. The van der Waals surface area contributed by atoms with E-state index in [4.69, 9.17) is 4.74 Å². The molecule has 5 rings (SSSR count). The number of rotatable bonds is 5. The lowest BCUT2D eigenvalue weighted by molar-refractivity contribution is 0.222. The number of methoxy groups -OCH3 is 1. The highest BCUT2D eigenvalue weighted by Crippen LogP contribution is 2.32. The third-order valence-corrected chi connectivity index (χ3v) is 8.12. The molecule has 2 aromatic heterocycles. The summed E-state index contributed by atoms with van der Waals surface area (Å²) in [7, 11) is -0.246. The van der Waals surface area contributed by atoms with Crippen molar-refractivity contribution in [1.82, 2.24) is 28.6 Å². The number of hydrogen-bond acceptors (Lipinski definition) is 7. The predicted molar refractivity (Wildman–Crippen MR) is 132 cm³/mol. The Morgan fingerprint density at radius 1 is 1.00 bits per heavy atom. The number of aromatic amines is 1. The summed E-state index contributed by atoms with van der Waals surface area (Å²) < 4.78 is 34.8.